The van der Waals surface area contributed by atoms with Crippen molar-refractivity contribution in [3.63, 3.8) is 0 Å². The quantitative estimate of drug-likeness (QED) is 0.209. The number of aromatic nitrogens is 1. The average molecular weight is 569 g/mol. The van der Waals surface area contributed by atoms with Gasteiger partial charge in [-0.15, -0.1) is 0 Å². The Kier molecular flexibility index (Phi) is 8.87. The summed E-state index contributed by atoms with van der Waals surface area (Å²) >= 11 is 1.00. The molecular weight excluding hydrogens is 540 g/mol. The summed E-state index contributed by atoms with van der Waals surface area (Å²) in [5, 5.41) is 5.65. The van der Waals surface area contributed by atoms with Crippen LogP contribution in [0.25, 0.3) is 0 Å². The predicted molar refractivity (Wildman–Crippen MR) is 150 cm³/mol. The highest BCUT2D eigenvalue weighted by Gasteiger charge is 2.31. The van der Waals surface area contributed by atoms with Gasteiger partial charge >= 0.3 is 0 Å². The Balaban J connectivity index is 1.24. The minimum Gasteiger partial charge on any atom is -0.490 e. The van der Waals surface area contributed by atoms with Gasteiger partial charge in [0.25, 0.3) is 15.3 Å². The maximum Gasteiger partial charge on any atom is 0.286 e. The van der Waals surface area contributed by atoms with E-state index in [9.17, 15) is 18.0 Å². The van der Waals surface area contributed by atoms with Crippen molar-refractivity contribution in [3.05, 3.63) is 83.6 Å². The van der Waals surface area contributed by atoms with Gasteiger partial charge in [0.15, 0.2) is 6.61 Å². The molecule has 0 aliphatic carbocycles. The summed E-state index contributed by atoms with van der Waals surface area (Å²) in [6, 6.07) is 17.3. The summed E-state index contributed by atoms with van der Waals surface area (Å²) in [5.74, 6) is 0.668. The first-order valence-corrected chi connectivity index (χ1v) is 14.4. The first-order chi connectivity index (χ1) is 18.6. The second kappa shape index (κ2) is 12.3. The van der Waals surface area contributed by atoms with E-state index in [0.717, 1.165) is 27.2 Å². The first-order valence-electron chi connectivity index (χ1n) is 12.1. The number of amides is 2. The molecule has 0 saturated carbocycles. The van der Waals surface area contributed by atoms with E-state index in [-0.39, 0.29) is 35.1 Å². The molecule has 1 aromatic heterocycles. The summed E-state index contributed by atoms with van der Waals surface area (Å²) in [6.07, 6.45) is 2.01. The van der Waals surface area contributed by atoms with Crippen LogP contribution in [0.4, 0.5) is 10.6 Å². The van der Waals surface area contributed by atoms with Crippen molar-refractivity contribution in [1.29, 1.82) is 0 Å². The van der Waals surface area contributed by atoms with E-state index >= 15 is 0 Å². The highest BCUT2D eigenvalue weighted by atomic mass is 32.2. The van der Waals surface area contributed by atoms with Crippen LogP contribution in [-0.4, -0.2) is 55.8 Å². The van der Waals surface area contributed by atoms with Gasteiger partial charge in [0, 0.05) is 18.8 Å². The molecule has 1 saturated heterocycles. The van der Waals surface area contributed by atoms with Crippen LogP contribution in [0.15, 0.2) is 76.9 Å². The molecule has 12 heteroatoms. The van der Waals surface area contributed by atoms with Crippen molar-refractivity contribution in [2.45, 2.75) is 30.4 Å². The molecule has 10 nitrogen and oxygen atoms in total. The van der Waals surface area contributed by atoms with E-state index in [2.05, 4.69) is 15.5 Å². The Bertz CT molecular complexity index is 1460. The van der Waals surface area contributed by atoms with Gasteiger partial charge in [0.05, 0.1) is 15.9 Å². The minimum absolute atomic E-state index is 0.195. The predicted octanol–water partition coefficient (Wildman–Crippen LogP) is 3.93. The Morgan fingerprint density at radius 1 is 1.05 bits per heavy atom. The van der Waals surface area contributed by atoms with Crippen LogP contribution in [0, 0.1) is 6.92 Å². The number of ether oxygens (including phenoxy) is 1. The fourth-order valence-corrected chi connectivity index (χ4v) is 5.64. The fourth-order valence-electron chi connectivity index (χ4n) is 3.63. The van der Waals surface area contributed by atoms with Crippen LogP contribution < -0.4 is 14.4 Å². The zero-order chi connectivity index (χ0) is 28.0. The number of anilines is 1. The molecule has 0 spiro atoms. The lowest BCUT2D eigenvalue weighted by molar-refractivity contribution is -0.118. The number of aryl methyl sites for hydroxylation is 1. The Morgan fingerprint density at radius 3 is 2.38 bits per heavy atom. The Hall–Kier alpha value is -3.90. The zero-order valence-corrected chi connectivity index (χ0v) is 23.3. The molecule has 2 amide bonds. The number of sulfonamides is 1. The summed E-state index contributed by atoms with van der Waals surface area (Å²) < 4.78 is 32.6. The number of hydrogen-bond donors (Lipinski definition) is 1. The zero-order valence-electron chi connectivity index (χ0n) is 21.7. The minimum atomic E-state index is -3.72. The third-order valence-electron chi connectivity index (χ3n) is 5.92. The normalized spacial score (nSPS) is 15.7. The number of oxime groups is 1. The van der Waals surface area contributed by atoms with Gasteiger partial charge in [0.1, 0.15) is 18.2 Å². The molecule has 1 N–H and O–H groups in total. The van der Waals surface area contributed by atoms with E-state index in [1.807, 2.05) is 19.1 Å². The van der Waals surface area contributed by atoms with Crippen molar-refractivity contribution in [2.75, 3.05) is 24.6 Å². The van der Waals surface area contributed by atoms with Crippen molar-refractivity contribution < 1.29 is 27.6 Å². The summed E-state index contributed by atoms with van der Waals surface area (Å²) in [4.78, 5) is 32.8. The van der Waals surface area contributed by atoms with E-state index < -0.39 is 15.3 Å². The molecule has 1 fully saturated rings. The van der Waals surface area contributed by atoms with Crippen LogP contribution >= 0.6 is 11.8 Å². The number of hydrogen-bond acceptors (Lipinski definition) is 9. The van der Waals surface area contributed by atoms with Gasteiger partial charge < -0.3 is 9.57 Å². The van der Waals surface area contributed by atoms with Gasteiger partial charge in [-0.1, -0.05) is 46.7 Å². The molecule has 1 aliphatic heterocycles. The molecule has 2 aromatic carbocycles. The number of pyridine rings is 1. The van der Waals surface area contributed by atoms with E-state index in [1.54, 1.807) is 61.7 Å². The highest BCUT2D eigenvalue weighted by Crippen LogP contribution is 2.24. The van der Waals surface area contributed by atoms with Gasteiger partial charge in [-0.2, -0.15) is 0 Å². The molecule has 3 aromatic rings. The summed E-state index contributed by atoms with van der Waals surface area (Å²) in [6.45, 7) is 4.14. The van der Waals surface area contributed by atoms with E-state index in [4.69, 9.17) is 9.57 Å². The monoisotopic (exact) mass is 568 g/mol. The van der Waals surface area contributed by atoms with Crippen LogP contribution in [0.5, 0.6) is 5.75 Å². The topological polar surface area (TPSA) is 127 Å². The number of rotatable bonds is 11. The molecule has 0 bridgehead atoms. The Morgan fingerprint density at radius 2 is 1.77 bits per heavy atom. The third kappa shape index (κ3) is 7.15. The summed E-state index contributed by atoms with van der Waals surface area (Å²) in [5.41, 5.74) is 3.17. The molecule has 4 rings (SSSR count). The second-order valence-corrected chi connectivity index (χ2v) is 11.9. The largest absolute Gasteiger partial charge is 0.490 e. The standard InChI is InChI=1S/C27H28N4O6S2/c1-18-4-11-23(12-5-18)39(34,35)31(3)25-13-8-21(17-28-25)19(2)30-37-15-14-36-22-9-6-20(7-10-22)16-24-26(32)29-27(33)38-24/h4-13,17,24H,14-16H2,1-3H3,(H,29,32,33). The van der Waals surface area contributed by atoms with Crippen molar-refractivity contribution >= 4 is 44.5 Å². The van der Waals surface area contributed by atoms with Crippen LogP contribution in [0.3, 0.4) is 0 Å². The molecule has 1 aliphatic rings. The smallest absolute Gasteiger partial charge is 0.286 e. The number of imide groups is 1. The average Bonchev–Trinajstić information content (AvgIpc) is 3.25. The van der Waals surface area contributed by atoms with Gasteiger partial charge in [-0.25, -0.2) is 13.4 Å². The number of thioether (sulfide) groups is 1. The molecule has 0 radical (unpaired) electrons. The maximum absolute atomic E-state index is 12.9. The van der Waals surface area contributed by atoms with Crippen molar-refractivity contribution in [2.24, 2.45) is 5.16 Å². The lowest BCUT2D eigenvalue weighted by Crippen LogP contribution is -2.27. The molecule has 204 valence electrons. The van der Waals surface area contributed by atoms with Crippen molar-refractivity contribution in [3.8, 4) is 5.75 Å². The second-order valence-electron chi connectivity index (χ2n) is 8.78. The first kappa shape index (κ1) is 28.1. The van der Waals surface area contributed by atoms with Crippen LogP contribution in [0.1, 0.15) is 23.6 Å². The number of benzene rings is 2. The molecule has 1 atom stereocenters. The molecular formula is C27H28N4O6S2. The lowest BCUT2D eigenvalue weighted by atomic mass is 10.1. The van der Waals surface area contributed by atoms with Gasteiger partial charge in [-0.05, 0) is 62.2 Å². The fraction of sp³-hybridized carbons (Fsp3) is 0.259. The Labute approximate surface area is 231 Å². The van der Waals surface area contributed by atoms with Crippen LogP contribution in [-0.2, 0) is 26.1 Å². The SMILES string of the molecule is CC(=NOCCOc1ccc(CC2SC(=O)NC2=O)cc1)c1ccc(N(C)S(=O)(=O)c2ccc(C)cc2)nc1. The molecule has 1 unspecified atom stereocenters. The van der Waals surface area contributed by atoms with Crippen molar-refractivity contribution in [1.82, 2.24) is 10.3 Å². The van der Waals surface area contributed by atoms with E-state index in [1.165, 1.54) is 7.05 Å². The number of nitrogens with zero attached hydrogens (tertiary/aromatic N) is 3. The third-order valence-corrected chi connectivity index (χ3v) is 8.68. The molecule has 2 heterocycles. The number of carbonyl (C=O) groups is 2. The maximum atomic E-state index is 12.9. The number of carbonyl (C=O) groups excluding carboxylic acids is 2. The highest BCUT2D eigenvalue weighted by molar-refractivity contribution is 8.15. The van der Waals surface area contributed by atoms with E-state index in [0.29, 0.717) is 23.4 Å². The molecule has 39 heavy (non-hydrogen) atoms. The number of nitrogens with one attached hydrogen (secondary N) is 1. The lowest BCUT2D eigenvalue weighted by Gasteiger charge is -2.18. The van der Waals surface area contributed by atoms with Gasteiger partial charge in [-0.3, -0.25) is 19.2 Å². The van der Waals surface area contributed by atoms with Gasteiger partial charge in [0.2, 0.25) is 5.91 Å². The van der Waals surface area contributed by atoms with Crippen LogP contribution in [0.2, 0.25) is 0 Å². The summed E-state index contributed by atoms with van der Waals surface area (Å²) in [7, 11) is -2.26.